The van der Waals surface area contributed by atoms with Crippen molar-refractivity contribution in [2.45, 2.75) is 0 Å². The van der Waals surface area contributed by atoms with Crippen molar-refractivity contribution in [1.82, 2.24) is 0 Å². The molecule has 0 unspecified atom stereocenters. The Bertz CT molecular complexity index is 303. The number of carboxylic acids is 1. The third-order valence-electron chi connectivity index (χ3n) is 1.27. The molecule has 12 heavy (non-hydrogen) atoms. The van der Waals surface area contributed by atoms with Crippen LogP contribution in [-0.4, -0.2) is 5.97 Å². The maximum absolute atomic E-state index is 10.4. The van der Waals surface area contributed by atoms with Gasteiger partial charge in [-0.15, -0.1) is 0 Å². The fourth-order valence-electron chi connectivity index (χ4n) is 0.715. The summed E-state index contributed by atoms with van der Waals surface area (Å²) in [4.78, 5) is 10.4. The second kappa shape index (κ2) is 4.87. The Kier molecular flexibility index (Phi) is 4.85. The number of nitrogens with two attached hydrogens (primary N) is 1. The van der Waals surface area contributed by atoms with Crippen LogP contribution in [0.25, 0.3) is 0 Å². The van der Waals surface area contributed by atoms with Crippen LogP contribution in [0.5, 0.6) is 0 Å². The Labute approximate surface area is 100 Å². The van der Waals surface area contributed by atoms with Crippen molar-refractivity contribution in [3.8, 4) is 0 Å². The zero-order valence-electron chi connectivity index (χ0n) is 6.50. The summed E-state index contributed by atoms with van der Waals surface area (Å²) in [6, 6.07) is 4.66. The van der Waals surface area contributed by atoms with Gasteiger partial charge in [-0.05, 0) is 22.0 Å². The number of carbonyl (C=O) groups excluding carboxylic acids is 1. The largest absolute Gasteiger partial charge is 1.00 e. The van der Waals surface area contributed by atoms with E-state index in [1.54, 1.807) is 12.1 Å². The average molecular weight is 238 g/mol. The molecular formula is C7H5BrNNaO2. The zero-order valence-corrected chi connectivity index (χ0v) is 10.1. The Morgan fingerprint density at radius 2 is 2.08 bits per heavy atom. The second-order valence-corrected chi connectivity index (χ2v) is 2.84. The number of para-hydroxylation sites is 1. The van der Waals surface area contributed by atoms with E-state index in [2.05, 4.69) is 15.9 Å². The summed E-state index contributed by atoms with van der Waals surface area (Å²) in [5.74, 6) is -1.26. The molecular weight excluding hydrogens is 233 g/mol. The number of carboxylic acid groups (broad SMARTS) is 1. The summed E-state index contributed by atoms with van der Waals surface area (Å²) in [5.41, 5.74) is 5.63. The molecule has 0 amide bonds. The summed E-state index contributed by atoms with van der Waals surface area (Å²) in [6.45, 7) is 0. The number of hydrogen-bond donors (Lipinski definition) is 1. The van der Waals surface area contributed by atoms with Crippen molar-refractivity contribution in [3.05, 3.63) is 28.2 Å². The molecule has 1 aromatic rings. The SMILES string of the molecule is Nc1c(Br)cccc1C(=O)[O-].[Na+]. The molecule has 0 aromatic heterocycles. The van der Waals surface area contributed by atoms with Crippen LogP contribution in [0.1, 0.15) is 10.4 Å². The first-order valence-electron chi connectivity index (χ1n) is 2.88. The first kappa shape index (κ1) is 12.0. The minimum Gasteiger partial charge on any atom is -0.545 e. The standard InChI is InChI=1S/C7H6BrNO2.Na/c8-5-3-1-2-4(6(5)9)7(10)11;/h1-3H,9H2,(H,10,11);/q;+1/p-1. The molecule has 0 saturated carbocycles. The number of halogens is 1. The molecule has 0 bridgehead atoms. The summed E-state index contributed by atoms with van der Waals surface area (Å²) < 4.78 is 0.569. The van der Waals surface area contributed by atoms with E-state index in [4.69, 9.17) is 5.73 Å². The number of anilines is 1. The van der Waals surface area contributed by atoms with Gasteiger partial charge in [-0.1, -0.05) is 12.1 Å². The van der Waals surface area contributed by atoms with Gasteiger partial charge >= 0.3 is 29.6 Å². The van der Waals surface area contributed by atoms with Gasteiger partial charge in [-0.25, -0.2) is 0 Å². The van der Waals surface area contributed by atoms with E-state index in [0.717, 1.165) is 0 Å². The van der Waals surface area contributed by atoms with Crippen LogP contribution >= 0.6 is 15.9 Å². The molecule has 0 atom stereocenters. The smallest absolute Gasteiger partial charge is 0.545 e. The van der Waals surface area contributed by atoms with Crippen molar-refractivity contribution < 1.29 is 39.5 Å². The maximum atomic E-state index is 10.4. The molecule has 0 spiro atoms. The van der Waals surface area contributed by atoms with Gasteiger partial charge in [0.2, 0.25) is 0 Å². The number of carbonyl (C=O) groups is 1. The first-order valence-corrected chi connectivity index (χ1v) is 3.67. The van der Waals surface area contributed by atoms with Crippen LogP contribution in [0.3, 0.4) is 0 Å². The molecule has 0 saturated heterocycles. The van der Waals surface area contributed by atoms with Crippen LogP contribution in [0.4, 0.5) is 5.69 Å². The van der Waals surface area contributed by atoms with Gasteiger partial charge in [0.1, 0.15) is 0 Å². The average Bonchev–Trinajstić information content (AvgIpc) is 1.94. The predicted octanol–water partition coefficient (Wildman–Crippen LogP) is -2.60. The number of benzene rings is 1. The molecule has 0 radical (unpaired) electrons. The minimum atomic E-state index is -1.26. The van der Waals surface area contributed by atoms with Crippen LogP contribution in [0, 0.1) is 0 Å². The van der Waals surface area contributed by atoms with E-state index in [-0.39, 0.29) is 40.8 Å². The van der Waals surface area contributed by atoms with E-state index >= 15 is 0 Å². The molecule has 1 aromatic carbocycles. The van der Waals surface area contributed by atoms with Crippen molar-refractivity contribution in [3.63, 3.8) is 0 Å². The van der Waals surface area contributed by atoms with E-state index < -0.39 is 5.97 Å². The van der Waals surface area contributed by atoms with Gasteiger partial charge in [0, 0.05) is 10.0 Å². The number of aromatic carboxylic acids is 1. The number of nitrogen functional groups attached to an aromatic ring is 1. The maximum Gasteiger partial charge on any atom is 1.00 e. The van der Waals surface area contributed by atoms with E-state index in [0.29, 0.717) is 4.47 Å². The summed E-state index contributed by atoms with van der Waals surface area (Å²) in [5, 5.41) is 10.4. The van der Waals surface area contributed by atoms with Gasteiger partial charge < -0.3 is 15.6 Å². The summed E-state index contributed by atoms with van der Waals surface area (Å²) >= 11 is 3.10. The third kappa shape index (κ3) is 2.48. The molecule has 3 nitrogen and oxygen atoms in total. The molecule has 0 heterocycles. The zero-order chi connectivity index (χ0) is 8.43. The van der Waals surface area contributed by atoms with Gasteiger partial charge in [0.05, 0.1) is 11.7 Å². The normalized spacial score (nSPS) is 8.75. The number of rotatable bonds is 1. The van der Waals surface area contributed by atoms with Crippen LogP contribution in [0.15, 0.2) is 22.7 Å². The quantitative estimate of drug-likeness (QED) is 0.431. The molecule has 1 rings (SSSR count). The summed E-state index contributed by atoms with van der Waals surface area (Å²) in [7, 11) is 0. The Hall–Kier alpha value is -0.0300. The van der Waals surface area contributed by atoms with Crippen molar-refractivity contribution in [1.29, 1.82) is 0 Å². The van der Waals surface area contributed by atoms with Crippen molar-refractivity contribution in [2.24, 2.45) is 0 Å². The molecule has 0 aliphatic heterocycles. The van der Waals surface area contributed by atoms with Crippen LogP contribution < -0.4 is 40.4 Å². The third-order valence-corrected chi connectivity index (χ3v) is 1.96. The van der Waals surface area contributed by atoms with E-state index in [1.807, 2.05) is 0 Å². The van der Waals surface area contributed by atoms with Crippen molar-refractivity contribution in [2.75, 3.05) is 5.73 Å². The van der Waals surface area contributed by atoms with Gasteiger partial charge in [-0.3, -0.25) is 0 Å². The molecule has 58 valence electrons. The molecule has 0 fully saturated rings. The van der Waals surface area contributed by atoms with Gasteiger partial charge in [-0.2, -0.15) is 0 Å². The topological polar surface area (TPSA) is 66.2 Å². The minimum absolute atomic E-state index is 0. The predicted molar refractivity (Wildman–Crippen MR) is 42.9 cm³/mol. The molecule has 5 heteroatoms. The Balaban J connectivity index is 0.00000121. The Morgan fingerprint density at radius 3 is 2.50 bits per heavy atom. The number of hydrogen-bond acceptors (Lipinski definition) is 3. The molecule has 0 aliphatic carbocycles. The van der Waals surface area contributed by atoms with Gasteiger partial charge in [0.25, 0.3) is 0 Å². The molecule has 2 N–H and O–H groups in total. The summed E-state index contributed by atoms with van der Waals surface area (Å²) in [6.07, 6.45) is 0. The molecule has 0 aliphatic rings. The second-order valence-electron chi connectivity index (χ2n) is 1.99. The van der Waals surface area contributed by atoms with E-state index in [9.17, 15) is 9.90 Å². The van der Waals surface area contributed by atoms with Crippen molar-refractivity contribution >= 4 is 27.6 Å². The Morgan fingerprint density at radius 1 is 1.50 bits per heavy atom. The first-order chi connectivity index (χ1) is 5.13. The fraction of sp³-hybridized carbons (Fsp3) is 0. The fourth-order valence-corrected chi connectivity index (χ4v) is 1.08. The monoisotopic (exact) mass is 237 g/mol. The van der Waals surface area contributed by atoms with Crippen LogP contribution in [-0.2, 0) is 0 Å². The van der Waals surface area contributed by atoms with E-state index in [1.165, 1.54) is 6.07 Å². The van der Waals surface area contributed by atoms with Crippen LogP contribution in [0.2, 0.25) is 0 Å². The van der Waals surface area contributed by atoms with Gasteiger partial charge in [0.15, 0.2) is 0 Å².